The zero-order valence-electron chi connectivity index (χ0n) is 10.9. The largest absolute Gasteiger partial charge is 0.340 e. The molecule has 0 saturated heterocycles. The van der Waals surface area contributed by atoms with E-state index in [-0.39, 0.29) is 0 Å². The first-order valence-electron chi connectivity index (χ1n) is 6.41. The molecule has 0 radical (unpaired) electrons. The van der Waals surface area contributed by atoms with Crippen molar-refractivity contribution in [3.63, 3.8) is 0 Å². The Labute approximate surface area is 118 Å². The van der Waals surface area contributed by atoms with Gasteiger partial charge < -0.3 is 4.57 Å². The number of halogens is 1. The molecule has 3 nitrogen and oxygen atoms in total. The quantitative estimate of drug-likeness (QED) is 0.783. The lowest BCUT2D eigenvalue weighted by atomic mass is 9.99. The Hall–Kier alpha value is -1.58. The molecule has 3 rings (SSSR count). The number of imidazole rings is 1. The van der Waals surface area contributed by atoms with Gasteiger partial charge in [0.25, 0.3) is 0 Å². The molecule has 2 heterocycles. The molecule has 19 heavy (non-hydrogen) atoms. The van der Waals surface area contributed by atoms with Crippen LogP contribution in [0, 0.1) is 0 Å². The number of hydrogen-bond acceptors (Lipinski definition) is 2. The van der Waals surface area contributed by atoms with Crippen LogP contribution < -0.4 is 0 Å². The van der Waals surface area contributed by atoms with Gasteiger partial charge in [-0.05, 0) is 29.3 Å². The fraction of sp³-hybridized carbons (Fsp3) is 0.267. The summed E-state index contributed by atoms with van der Waals surface area (Å²) in [6, 6.07) is 8.59. The zero-order chi connectivity index (χ0) is 13.2. The van der Waals surface area contributed by atoms with Gasteiger partial charge in [-0.25, -0.2) is 9.40 Å². The summed E-state index contributed by atoms with van der Waals surface area (Å²) in [5.41, 5.74) is 4.83. The molecule has 0 N–H and O–H groups in total. The van der Waals surface area contributed by atoms with Crippen LogP contribution in [0.5, 0.6) is 0 Å². The van der Waals surface area contributed by atoms with E-state index in [1.807, 2.05) is 28.6 Å². The van der Waals surface area contributed by atoms with Gasteiger partial charge in [0.2, 0.25) is 0 Å². The summed E-state index contributed by atoms with van der Waals surface area (Å²) in [5.74, 6) is 0. The predicted molar refractivity (Wildman–Crippen MR) is 78.7 cm³/mol. The summed E-state index contributed by atoms with van der Waals surface area (Å²) in [5, 5.41) is 0. The van der Waals surface area contributed by atoms with E-state index in [1.54, 1.807) is 0 Å². The molecule has 0 atom stereocenters. The van der Waals surface area contributed by atoms with Gasteiger partial charge in [0.05, 0.1) is 12.0 Å². The Balaban J connectivity index is 1.83. The molecule has 0 bridgehead atoms. The number of hydrogen-bond donors (Lipinski definition) is 0. The minimum Gasteiger partial charge on any atom is -0.340 e. The highest BCUT2D eigenvalue weighted by Gasteiger charge is 2.11. The van der Waals surface area contributed by atoms with Crippen molar-refractivity contribution in [2.75, 3.05) is 13.1 Å². The highest BCUT2D eigenvalue weighted by atomic mass is 35.5. The molecule has 1 aromatic carbocycles. The lowest BCUT2D eigenvalue weighted by molar-refractivity contribution is 0.499. The van der Waals surface area contributed by atoms with E-state index >= 15 is 0 Å². The highest BCUT2D eigenvalue weighted by Crippen LogP contribution is 2.25. The van der Waals surface area contributed by atoms with Gasteiger partial charge in [-0.15, -0.1) is 0 Å². The smallest absolute Gasteiger partial charge is 0.0951 e. The minimum absolute atomic E-state index is 0.818. The van der Waals surface area contributed by atoms with Crippen molar-refractivity contribution in [3.05, 3.63) is 48.4 Å². The van der Waals surface area contributed by atoms with Crippen LogP contribution in [0.15, 0.2) is 42.9 Å². The molecule has 0 saturated carbocycles. The summed E-state index contributed by atoms with van der Waals surface area (Å²) < 4.78 is 3.77. The summed E-state index contributed by atoms with van der Waals surface area (Å²) in [6.07, 6.45) is 7.06. The molecule has 98 valence electrons. The Morgan fingerprint density at radius 2 is 1.89 bits per heavy atom. The topological polar surface area (TPSA) is 21.1 Å². The van der Waals surface area contributed by atoms with E-state index in [2.05, 4.69) is 35.3 Å². The number of rotatable bonds is 2. The van der Waals surface area contributed by atoms with Crippen LogP contribution in [0.3, 0.4) is 0 Å². The molecular formula is C15H16ClN3. The van der Waals surface area contributed by atoms with Crippen LogP contribution >= 0.6 is 11.8 Å². The monoisotopic (exact) mass is 273 g/mol. The molecule has 0 amide bonds. The van der Waals surface area contributed by atoms with Crippen LogP contribution in [0.2, 0.25) is 0 Å². The van der Waals surface area contributed by atoms with Crippen molar-refractivity contribution < 1.29 is 0 Å². The maximum absolute atomic E-state index is 5.96. The average Bonchev–Trinajstić information content (AvgIpc) is 2.87. The first-order chi connectivity index (χ1) is 9.22. The number of nitrogens with zero attached hydrogens (tertiary/aromatic N) is 3. The molecule has 1 aliphatic heterocycles. The maximum atomic E-state index is 5.96. The Morgan fingerprint density at radius 3 is 2.47 bits per heavy atom. The summed E-state index contributed by atoms with van der Waals surface area (Å²) in [6.45, 7) is 1.73. The van der Waals surface area contributed by atoms with E-state index in [0.29, 0.717) is 0 Å². The molecule has 1 aromatic heterocycles. The maximum Gasteiger partial charge on any atom is 0.0951 e. The van der Waals surface area contributed by atoms with E-state index < -0.39 is 0 Å². The van der Waals surface area contributed by atoms with E-state index in [9.17, 15) is 0 Å². The van der Waals surface area contributed by atoms with Crippen molar-refractivity contribution >= 4 is 17.3 Å². The minimum atomic E-state index is 0.818. The second kappa shape index (κ2) is 5.19. The van der Waals surface area contributed by atoms with Crippen LogP contribution in [0.1, 0.15) is 12.0 Å². The number of aryl methyl sites for hydroxylation is 1. The second-order valence-corrected chi connectivity index (χ2v) is 5.33. The molecule has 0 fully saturated rings. The van der Waals surface area contributed by atoms with E-state index in [1.165, 1.54) is 11.1 Å². The molecule has 1 aliphatic rings. The standard InChI is InChI=1S/C15H16ClN3/c1-18-10-15(17-11-18)14-4-2-12(3-5-14)13-6-8-19(16)9-7-13/h2-6,10-11H,7-9H2,1H3. The third-order valence-electron chi connectivity index (χ3n) is 3.42. The van der Waals surface area contributed by atoms with Gasteiger partial charge in [-0.2, -0.15) is 0 Å². The van der Waals surface area contributed by atoms with Gasteiger partial charge >= 0.3 is 0 Å². The highest BCUT2D eigenvalue weighted by molar-refractivity contribution is 6.13. The SMILES string of the molecule is Cn1cnc(-c2ccc(C3=CCN(Cl)CC3)cc2)c1. The van der Waals surface area contributed by atoms with Crippen LogP contribution in [0.4, 0.5) is 0 Å². The van der Waals surface area contributed by atoms with Crippen LogP contribution in [-0.4, -0.2) is 27.1 Å². The van der Waals surface area contributed by atoms with Crippen molar-refractivity contribution in [3.8, 4) is 11.3 Å². The first-order valence-corrected chi connectivity index (χ1v) is 6.75. The van der Waals surface area contributed by atoms with E-state index in [0.717, 1.165) is 30.8 Å². The Kier molecular flexibility index (Phi) is 3.40. The normalized spacial score (nSPS) is 16.4. The van der Waals surface area contributed by atoms with E-state index in [4.69, 9.17) is 11.8 Å². The van der Waals surface area contributed by atoms with Gasteiger partial charge in [0, 0.05) is 31.9 Å². The average molecular weight is 274 g/mol. The van der Waals surface area contributed by atoms with Gasteiger partial charge in [-0.3, -0.25) is 0 Å². The van der Waals surface area contributed by atoms with Gasteiger partial charge in [-0.1, -0.05) is 30.3 Å². The lowest BCUT2D eigenvalue weighted by Gasteiger charge is -2.19. The third kappa shape index (κ3) is 2.72. The molecular weight excluding hydrogens is 258 g/mol. The Bertz CT molecular complexity index is 598. The Morgan fingerprint density at radius 1 is 1.16 bits per heavy atom. The molecule has 0 unspecified atom stereocenters. The molecule has 0 aliphatic carbocycles. The summed E-state index contributed by atoms with van der Waals surface area (Å²) >= 11 is 5.96. The predicted octanol–water partition coefficient (Wildman–Crippen LogP) is 3.33. The van der Waals surface area contributed by atoms with Gasteiger partial charge in [0.1, 0.15) is 0 Å². The summed E-state index contributed by atoms with van der Waals surface area (Å²) in [4.78, 5) is 4.36. The summed E-state index contributed by atoms with van der Waals surface area (Å²) in [7, 11) is 1.98. The van der Waals surface area contributed by atoms with Crippen molar-refractivity contribution in [2.45, 2.75) is 6.42 Å². The van der Waals surface area contributed by atoms with Gasteiger partial charge in [0.15, 0.2) is 0 Å². The first kappa shape index (κ1) is 12.5. The lowest BCUT2D eigenvalue weighted by Crippen LogP contribution is -2.18. The second-order valence-electron chi connectivity index (χ2n) is 4.85. The number of aromatic nitrogens is 2. The molecule has 0 spiro atoms. The number of benzene rings is 1. The zero-order valence-corrected chi connectivity index (χ0v) is 11.6. The fourth-order valence-electron chi connectivity index (χ4n) is 2.32. The fourth-order valence-corrected chi connectivity index (χ4v) is 2.48. The van der Waals surface area contributed by atoms with Crippen LogP contribution in [0.25, 0.3) is 16.8 Å². The third-order valence-corrected chi connectivity index (χ3v) is 3.72. The molecule has 4 heteroatoms. The molecule has 2 aromatic rings. The van der Waals surface area contributed by atoms with Crippen molar-refractivity contribution in [1.82, 2.24) is 14.0 Å². The van der Waals surface area contributed by atoms with Crippen molar-refractivity contribution in [2.24, 2.45) is 7.05 Å². The van der Waals surface area contributed by atoms with Crippen LogP contribution in [-0.2, 0) is 7.05 Å². The van der Waals surface area contributed by atoms with Crippen molar-refractivity contribution in [1.29, 1.82) is 0 Å².